The van der Waals surface area contributed by atoms with Crippen LogP contribution in [0.2, 0.25) is 5.02 Å². The van der Waals surface area contributed by atoms with Gasteiger partial charge in [-0.2, -0.15) is 0 Å². The SMILES string of the molecule is COc1cc(C(=O)c2ccc3c(c2)CC(=O)N3)ccc1Cl. The number of hydrogen-bond donors (Lipinski definition) is 1. The smallest absolute Gasteiger partial charge is 0.228 e. The predicted molar refractivity (Wildman–Crippen MR) is 80.2 cm³/mol. The minimum atomic E-state index is -0.132. The van der Waals surface area contributed by atoms with E-state index in [1.54, 1.807) is 36.4 Å². The molecule has 0 bridgehead atoms. The van der Waals surface area contributed by atoms with E-state index in [-0.39, 0.29) is 11.7 Å². The van der Waals surface area contributed by atoms with Gasteiger partial charge in [0.2, 0.25) is 5.91 Å². The van der Waals surface area contributed by atoms with Gasteiger partial charge in [-0.1, -0.05) is 11.6 Å². The van der Waals surface area contributed by atoms with Gasteiger partial charge in [0.05, 0.1) is 18.6 Å². The van der Waals surface area contributed by atoms with Crippen LogP contribution in [0.15, 0.2) is 36.4 Å². The molecule has 0 aliphatic carbocycles. The fraction of sp³-hybridized carbons (Fsp3) is 0.125. The average Bonchev–Trinajstić information content (AvgIpc) is 2.86. The molecule has 1 N–H and O–H groups in total. The third-order valence-electron chi connectivity index (χ3n) is 3.41. The third kappa shape index (κ3) is 2.50. The van der Waals surface area contributed by atoms with Crippen molar-refractivity contribution >= 4 is 29.0 Å². The number of ketones is 1. The van der Waals surface area contributed by atoms with Gasteiger partial charge in [0.1, 0.15) is 5.75 Å². The molecule has 3 rings (SSSR count). The minimum Gasteiger partial charge on any atom is -0.495 e. The van der Waals surface area contributed by atoms with Gasteiger partial charge in [0.25, 0.3) is 0 Å². The molecule has 1 aliphatic rings. The van der Waals surface area contributed by atoms with Gasteiger partial charge >= 0.3 is 0 Å². The Kier molecular flexibility index (Phi) is 3.39. The standard InChI is InChI=1S/C16H12ClNO3/c1-21-14-7-10(2-4-12(14)17)16(20)9-3-5-13-11(6-9)8-15(19)18-13/h2-7H,8H2,1H3,(H,18,19). The molecule has 5 heteroatoms. The normalized spacial score (nSPS) is 12.8. The van der Waals surface area contributed by atoms with E-state index in [1.165, 1.54) is 7.11 Å². The first-order valence-electron chi connectivity index (χ1n) is 6.39. The summed E-state index contributed by atoms with van der Waals surface area (Å²) in [6, 6.07) is 10.1. The largest absolute Gasteiger partial charge is 0.495 e. The highest BCUT2D eigenvalue weighted by atomic mass is 35.5. The van der Waals surface area contributed by atoms with Crippen molar-refractivity contribution < 1.29 is 14.3 Å². The number of rotatable bonds is 3. The van der Waals surface area contributed by atoms with Crippen molar-refractivity contribution in [2.45, 2.75) is 6.42 Å². The van der Waals surface area contributed by atoms with Crippen molar-refractivity contribution in [1.82, 2.24) is 0 Å². The van der Waals surface area contributed by atoms with E-state index in [9.17, 15) is 9.59 Å². The van der Waals surface area contributed by atoms with Gasteiger partial charge in [0, 0.05) is 16.8 Å². The van der Waals surface area contributed by atoms with Crippen LogP contribution in [0.25, 0.3) is 0 Å². The van der Waals surface area contributed by atoms with E-state index < -0.39 is 0 Å². The fourth-order valence-corrected chi connectivity index (χ4v) is 2.53. The predicted octanol–water partition coefficient (Wildman–Crippen LogP) is 3.07. The zero-order valence-corrected chi connectivity index (χ0v) is 12.0. The molecule has 1 amide bonds. The van der Waals surface area contributed by atoms with Crippen LogP contribution in [-0.4, -0.2) is 18.8 Å². The maximum absolute atomic E-state index is 12.5. The topological polar surface area (TPSA) is 55.4 Å². The Morgan fingerprint density at radius 2 is 1.90 bits per heavy atom. The lowest BCUT2D eigenvalue weighted by atomic mass is 10.00. The Hall–Kier alpha value is -2.33. The highest BCUT2D eigenvalue weighted by Crippen LogP contribution is 2.28. The molecule has 0 unspecified atom stereocenters. The van der Waals surface area contributed by atoms with Crippen LogP contribution in [-0.2, 0) is 11.2 Å². The molecule has 0 radical (unpaired) electrons. The van der Waals surface area contributed by atoms with E-state index in [2.05, 4.69) is 5.32 Å². The summed E-state index contributed by atoms with van der Waals surface area (Å²) < 4.78 is 5.12. The number of benzene rings is 2. The minimum absolute atomic E-state index is 0.0530. The molecule has 0 saturated heterocycles. The van der Waals surface area contributed by atoms with E-state index in [4.69, 9.17) is 16.3 Å². The van der Waals surface area contributed by atoms with Crippen LogP contribution in [0.4, 0.5) is 5.69 Å². The molecule has 0 spiro atoms. The van der Waals surface area contributed by atoms with Gasteiger partial charge in [-0.15, -0.1) is 0 Å². The summed E-state index contributed by atoms with van der Waals surface area (Å²) in [4.78, 5) is 23.8. The number of hydrogen-bond acceptors (Lipinski definition) is 3. The van der Waals surface area contributed by atoms with Crippen LogP contribution in [0.5, 0.6) is 5.75 Å². The number of ether oxygens (including phenoxy) is 1. The summed E-state index contributed by atoms with van der Waals surface area (Å²) >= 11 is 5.96. The Labute approximate surface area is 126 Å². The van der Waals surface area contributed by atoms with Gasteiger partial charge in [-0.25, -0.2) is 0 Å². The van der Waals surface area contributed by atoms with Crippen LogP contribution in [0, 0.1) is 0 Å². The van der Waals surface area contributed by atoms with E-state index in [0.29, 0.717) is 28.3 Å². The quantitative estimate of drug-likeness (QED) is 0.886. The third-order valence-corrected chi connectivity index (χ3v) is 3.72. The second-order valence-electron chi connectivity index (χ2n) is 4.78. The molecule has 1 heterocycles. The van der Waals surface area contributed by atoms with Crippen LogP contribution in [0.1, 0.15) is 21.5 Å². The lowest BCUT2D eigenvalue weighted by Crippen LogP contribution is -2.03. The summed E-state index contributed by atoms with van der Waals surface area (Å²) in [5.41, 5.74) is 2.64. The van der Waals surface area contributed by atoms with Gasteiger partial charge in [-0.3, -0.25) is 9.59 Å². The number of carbonyl (C=O) groups is 2. The van der Waals surface area contributed by atoms with Crippen LogP contribution >= 0.6 is 11.6 Å². The van der Waals surface area contributed by atoms with Crippen LogP contribution in [0.3, 0.4) is 0 Å². The number of methoxy groups -OCH3 is 1. The molecular weight excluding hydrogens is 290 g/mol. The van der Waals surface area contributed by atoms with Gasteiger partial charge in [0.15, 0.2) is 5.78 Å². The lowest BCUT2D eigenvalue weighted by Gasteiger charge is -2.07. The first-order chi connectivity index (χ1) is 10.1. The molecule has 1 aliphatic heterocycles. The summed E-state index contributed by atoms with van der Waals surface area (Å²) in [6.45, 7) is 0. The number of fused-ring (bicyclic) bond motifs is 1. The van der Waals surface area contributed by atoms with Crippen molar-refractivity contribution in [2.24, 2.45) is 0 Å². The summed E-state index contributed by atoms with van der Waals surface area (Å²) in [5, 5.41) is 3.20. The first kappa shape index (κ1) is 13.6. The number of amides is 1. The monoisotopic (exact) mass is 301 g/mol. The Bertz CT molecular complexity index is 755. The number of nitrogens with one attached hydrogen (secondary N) is 1. The molecule has 0 atom stereocenters. The van der Waals surface area contributed by atoms with Gasteiger partial charge in [-0.05, 0) is 42.0 Å². The molecule has 2 aromatic rings. The molecule has 2 aromatic carbocycles. The number of halogens is 1. The van der Waals surface area contributed by atoms with Gasteiger partial charge < -0.3 is 10.1 Å². The number of anilines is 1. The molecule has 106 valence electrons. The van der Waals surface area contributed by atoms with Crippen LogP contribution < -0.4 is 10.1 Å². The van der Waals surface area contributed by atoms with Crippen molar-refractivity contribution in [3.8, 4) is 5.75 Å². The van der Waals surface area contributed by atoms with Crippen molar-refractivity contribution in [3.05, 3.63) is 58.1 Å². The summed E-state index contributed by atoms with van der Waals surface area (Å²) in [6.07, 6.45) is 0.306. The maximum atomic E-state index is 12.5. The van der Waals surface area contributed by atoms with Crippen molar-refractivity contribution in [1.29, 1.82) is 0 Å². The van der Waals surface area contributed by atoms with E-state index in [1.807, 2.05) is 0 Å². The maximum Gasteiger partial charge on any atom is 0.228 e. The Balaban J connectivity index is 1.96. The zero-order valence-electron chi connectivity index (χ0n) is 11.3. The second-order valence-corrected chi connectivity index (χ2v) is 5.18. The molecule has 21 heavy (non-hydrogen) atoms. The Morgan fingerprint density at radius 3 is 2.67 bits per heavy atom. The molecule has 0 aromatic heterocycles. The highest BCUT2D eigenvalue weighted by molar-refractivity contribution is 6.32. The zero-order chi connectivity index (χ0) is 15.0. The summed E-state index contributed by atoms with van der Waals surface area (Å²) in [7, 11) is 1.50. The summed E-state index contributed by atoms with van der Waals surface area (Å²) in [5.74, 6) is 0.274. The number of carbonyl (C=O) groups excluding carboxylic acids is 2. The first-order valence-corrected chi connectivity index (χ1v) is 6.77. The average molecular weight is 302 g/mol. The second kappa shape index (κ2) is 5.22. The lowest BCUT2D eigenvalue weighted by molar-refractivity contribution is -0.115. The van der Waals surface area contributed by atoms with E-state index >= 15 is 0 Å². The van der Waals surface area contributed by atoms with Crippen molar-refractivity contribution in [3.63, 3.8) is 0 Å². The molecule has 4 nitrogen and oxygen atoms in total. The molecule has 0 saturated carbocycles. The molecular formula is C16H12ClNO3. The Morgan fingerprint density at radius 1 is 1.19 bits per heavy atom. The molecule has 0 fully saturated rings. The highest BCUT2D eigenvalue weighted by Gasteiger charge is 2.20. The van der Waals surface area contributed by atoms with E-state index in [0.717, 1.165) is 11.3 Å². The fourth-order valence-electron chi connectivity index (χ4n) is 2.34. The van der Waals surface area contributed by atoms with Crippen molar-refractivity contribution in [2.75, 3.05) is 12.4 Å².